The van der Waals surface area contributed by atoms with Gasteiger partial charge in [-0.3, -0.25) is 0 Å². The van der Waals surface area contributed by atoms with Crippen LogP contribution >= 0.6 is 0 Å². The van der Waals surface area contributed by atoms with Gasteiger partial charge in [-0.25, -0.2) is 30.7 Å². The van der Waals surface area contributed by atoms with Crippen molar-refractivity contribution >= 4 is 0 Å². The maximum Gasteiger partial charge on any atom is 0.400 e. The largest absolute Gasteiger partial charge is 0.400 e. The van der Waals surface area contributed by atoms with Gasteiger partial charge in [-0.15, -0.1) is 13.2 Å². The number of allylic oxidation sites excluding steroid dienone is 8. The van der Waals surface area contributed by atoms with Crippen molar-refractivity contribution < 1.29 is 57.4 Å². The summed E-state index contributed by atoms with van der Waals surface area (Å²) in [5.41, 5.74) is 0. The van der Waals surface area contributed by atoms with Crippen LogP contribution in [0.4, 0.5) is 52.7 Å². The number of hydrogen-bond acceptors (Lipinski definition) is 1. The molecule has 4 unspecified atom stereocenters. The molecule has 0 amide bonds. The summed E-state index contributed by atoms with van der Waals surface area (Å²) in [7, 11) is 0. The lowest BCUT2D eigenvalue weighted by Crippen LogP contribution is -2.44. The number of alkyl halides is 8. The van der Waals surface area contributed by atoms with Gasteiger partial charge in [0, 0.05) is 18.3 Å². The molecule has 13 heteroatoms. The standard InChI is InChI=1S/C33H40F12O/c1-4-7-8-9-19-10-11-20(27(38)16-19)12-14-25(36)22(23(34)5-2)13-15-26(37)31(24(35)6-3)33(44,45)46-21-17-28(39)30(29(40)18-21)32(41,42)43/h5-6,14-17,19-24,29-31H,2-4,7-13,18H2,1H3/b25-14+,26-15+/t19?,20-,21+,22?,23+,24+,29?,30-,31?/m1/s1. The van der Waals surface area contributed by atoms with Crippen LogP contribution in [-0.2, 0) is 4.74 Å². The quantitative estimate of drug-likeness (QED) is 0.0844. The summed E-state index contributed by atoms with van der Waals surface area (Å²) in [6, 6.07) is 0. The van der Waals surface area contributed by atoms with E-state index in [1.807, 2.05) is 6.92 Å². The van der Waals surface area contributed by atoms with E-state index in [2.05, 4.69) is 17.9 Å². The molecule has 0 spiro atoms. The highest BCUT2D eigenvalue weighted by Crippen LogP contribution is 2.45. The molecule has 0 saturated heterocycles. The molecule has 0 bridgehead atoms. The third-order valence-corrected chi connectivity index (χ3v) is 8.30. The van der Waals surface area contributed by atoms with E-state index >= 15 is 17.6 Å². The molecule has 2 aliphatic carbocycles. The van der Waals surface area contributed by atoms with Crippen LogP contribution in [0.3, 0.4) is 0 Å². The first-order valence-electron chi connectivity index (χ1n) is 15.2. The van der Waals surface area contributed by atoms with E-state index < -0.39 is 96.7 Å². The van der Waals surface area contributed by atoms with Crippen molar-refractivity contribution in [3.8, 4) is 0 Å². The summed E-state index contributed by atoms with van der Waals surface area (Å²) in [6.45, 7) is 8.20. The van der Waals surface area contributed by atoms with Gasteiger partial charge in [-0.2, -0.15) is 22.0 Å². The third-order valence-electron chi connectivity index (χ3n) is 8.30. The first kappa shape index (κ1) is 39.7. The zero-order chi connectivity index (χ0) is 34.8. The molecule has 9 atom stereocenters. The van der Waals surface area contributed by atoms with Crippen LogP contribution in [-0.4, -0.2) is 36.9 Å². The Morgan fingerprint density at radius 2 is 1.59 bits per heavy atom. The molecule has 0 aromatic heterocycles. The summed E-state index contributed by atoms with van der Waals surface area (Å²) in [5.74, 6) is -14.5. The molecule has 2 aliphatic rings. The molecule has 0 N–H and O–H groups in total. The van der Waals surface area contributed by atoms with E-state index in [0.717, 1.165) is 31.8 Å². The maximum absolute atomic E-state index is 15.1. The minimum Gasteiger partial charge on any atom is -0.312 e. The highest BCUT2D eigenvalue weighted by molar-refractivity contribution is 5.16. The SMILES string of the molecule is C=C[C@H](F)C(C/C=C(/F)C([C@@H](F)C=C)C(F)(F)O[C@H]1C=C(F)[C@@H](C(F)(F)F)C(F)C1)/C(F)=C\C[C@H]1CCC(CCCCC)C=C1F. The van der Waals surface area contributed by atoms with Crippen LogP contribution < -0.4 is 0 Å². The molecule has 0 aromatic rings. The fraction of sp³-hybridized carbons (Fsp3) is 0.636. The lowest BCUT2D eigenvalue weighted by molar-refractivity contribution is -0.292. The monoisotopic (exact) mass is 680 g/mol. The van der Waals surface area contributed by atoms with Crippen molar-refractivity contribution in [3.63, 3.8) is 0 Å². The first-order valence-corrected chi connectivity index (χ1v) is 15.2. The van der Waals surface area contributed by atoms with Crippen molar-refractivity contribution in [3.05, 3.63) is 72.9 Å². The smallest absolute Gasteiger partial charge is 0.312 e. The van der Waals surface area contributed by atoms with Crippen LogP contribution in [0.25, 0.3) is 0 Å². The zero-order valence-electron chi connectivity index (χ0n) is 25.4. The molecule has 0 aromatic carbocycles. The summed E-state index contributed by atoms with van der Waals surface area (Å²) in [6.07, 6.45) is -14.7. The van der Waals surface area contributed by atoms with Crippen molar-refractivity contribution in [2.24, 2.45) is 29.6 Å². The summed E-state index contributed by atoms with van der Waals surface area (Å²) < 4.78 is 175. The van der Waals surface area contributed by atoms with Gasteiger partial charge in [0.15, 0.2) is 0 Å². The Hall–Kier alpha value is -2.44. The van der Waals surface area contributed by atoms with Gasteiger partial charge in [0.25, 0.3) is 0 Å². The van der Waals surface area contributed by atoms with Gasteiger partial charge >= 0.3 is 12.3 Å². The molecule has 0 saturated carbocycles. The Morgan fingerprint density at radius 1 is 0.935 bits per heavy atom. The van der Waals surface area contributed by atoms with E-state index in [1.165, 1.54) is 6.08 Å². The first-order chi connectivity index (χ1) is 21.5. The predicted octanol–water partition coefficient (Wildman–Crippen LogP) is 12.0. The number of hydrogen-bond donors (Lipinski definition) is 0. The molecular weight excluding hydrogens is 640 g/mol. The molecule has 46 heavy (non-hydrogen) atoms. The Kier molecular flexibility index (Phi) is 15.2. The van der Waals surface area contributed by atoms with Gasteiger partial charge < -0.3 is 4.74 Å². The zero-order valence-corrected chi connectivity index (χ0v) is 25.4. The number of rotatable bonds is 17. The topological polar surface area (TPSA) is 9.23 Å². The van der Waals surface area contributed by atoms with E-state index in [1.54, 1.807) is 0 Å². The third kappa shape index (κ3) is 11.1. The fourth-order valence-corrected chi connectivity index (χ4v) is 5.68. The van der Waals surface area contributed by atoms with Gasteiger partial charge in [-0.05, 0) is 50.2 Å². The molecule has 0 aliphatic heterocycles. The van der Waals surface area contributed by atoms with Crippen LogP contribution in [0.15, 0.2) is 72.9 Å². The summed E-state index contributed by atoms with van der Waals surface area (Å²) >= 11 is 0. The van der Waals surface area contributed by atoms with Gasteiger partial charge in [-0.1, -0.05) is 50.5 Å². The van der Waals surface area contributed by atoms with Crippen molar-refractivity contribution in [1.29, 1.82) is 0 Å². The number of ether oxygens (including phenoxy) is 1. The van der Waals surface area contributed by atoms with Gasteiger partial charge in [0.2, 0.25) is 0 Å². The summed E-state index contributed by atoms with van der Waals surface area (Å²) in [4.78, 5) is 0. The Bertz CT molecular complexity index is 1120. The Balaban J connectivity index is 2.22. The van der Waals surface area contributed by atoms with Gasteiger partial charge in [0.1, 0.15) is 47.8 Å². The number of unbranched alkanes of at least 4 members (excludes halogenated alkanes) is 2. The highest BCUT2D eigenvalue weighted by atomic mass is 19.4. The van der Waals surface area contributed by atoms with Crippen LogP contribution in [0.5, 0.6) is 0 Å². The lowest BCUT2D eigenvalue weighted by Gasteiger charge is -2.34. The van der Waals surface area contributed by atoms with Crippen molar-refractivity contribution in [1.82, 2.24) is 0 Å². The minimum absolute atomic E-state index is 0.0487. The maximum atomic E-state index is 15.1. The highest BCUT2D eigenvalue weighted by Gasteiger charge is 2.54. The van der Waals surface area contributed by atoms with Crippen LogP contribution in [0.1, 0.15) is 64.7 Å². The van der Waals surface area contributed by atoms with Crippen LogP contribution in [0.2, 0.25) is 0 Å². The molecule has 2 rings (SSSR count). The van der Waals surface area contributed by atoms with Gasteiger partial charge in [0.05, 0.1) is 11.9 Å². The number of halogens is 12. The molecule has 0 radical (unpaired) electrons. The molecular formula is C33H40F12O. The second kappa shape index (κ2) is 17.6. The molecule has 0 fully saturated rings. The summed E-state index contributed by atoms with van der Waals surface area (Å²) in [5, 5.41) is 0. The lowest BCUT2D eigenvalue weighted by atomic mass is 9.83. The van der Waals surface area contributed by atoms with Crippen LogP contribution in [0, 0.1) is 29.6 Å². The fourth-order valence-electron chi connectivity index (χ4n) is 5.68. The molecule has 1 nitrogen and oxygen atoms in total. The van der Waals surface area contributed by atoms with Crippen molar-refractivity contribution in [2.45, 2.75) is 102 Å². The normalized spacial score (nSPS) is 27.7. The Labute approximate surface area is 261 Å². The Morgan fingerprint density at radius 3 is 2.13 bits per heavy atom. The van der Waals surface area contributed by atoms with E-state index in [9.17, 15) is 35.1 Å². The van der Waals surface area contributed by atoms with E-state index in [-0.39, 0.29) is 30.6 Å². The average Bonchev–Trinajstić information content (AvgIpc) is 2.95. The average molecular weight is 681 g/mol. The predicted molar refractivity (Wildman–Crippen MR) is 152 cm³/mol. The molecule has 0 heterocycles. The van der Waals surface area contributed by atoms with E-state index in [0.29, 0.717) is 18.9 Å². The second-order valence-electron chi connectivity index (χ2n) is 11.7. The van der Waals surface area contributed by atoms with Crippen molar-refractivity contribution in [2.75, 3.05) is 0 Å². The molecule has 262 valence electrons. The minimum atomic E-state index is -5.37. The second-order valence-corrected chi connectivity index (χ2v) is 11.7. The van der Waals surface area contributed by atoms with E-state index in [4.69, 9.17) is 0 Å².